The predicted octanol–water partition coefficient (Wildman–Crippen LogP) is 0.918. The summed E-state index contributed by atoms with van der Waals surface area (Å²) in [6.45, 7) is 7.32. The van der Waals surface area contributed by atoms with E-state index in [0.29, 0.717) is 6.42 Å². The summed E-state index contributed by atoms with van der Waals surface area (Å²) < 4.78 is 0. The molecule has 2 unspecified atom stereocenters. The van der Waals surface area contributed by atoms with Crippen molar-refractivity contribution in [3.8, 4) is 0 Å². The number of amides is 1. The highest BCUT2D eigenvalue weighted by Crippen LogP contribution is 1.99. The number of hydrogen-bond acceptors (Lipinski definition) is 2. The van der Waals surface area contributed by atoms with Crippen LogP contribution in [0, 0.1) is 5.92 Å². The summed E-state index contributed by atoms with van der Waals surface area (Å²) in [5, 5.41) is 11.8. The molecule has 0 heterocycles. The van der Waals surface area contributed by atoms with Gasteiger partial charge in [-0.2, -0.15) is 0 Å². The molecule has 0 aliphatic rings. The van der Waals surface area contributed by atoms with Crippen molar-refractivity contribution in [2.24, 2.45) is 5.92 Å². The predicted molar refractivity (Wildman–Crippen MR) is 48.7 cm³/mol. The van der Waals surface area contributed by atoms with E-state index < -0.39 is 0 Å². The van der Waals surface area contributed by atoms with Gasteiger partial charge in [0, 0.05) is 12.0 Å². The van der Waals surface area contributed by atoms with E-state index in [-0.39, 0.29) is 24.0 Å². The Kier molecular flexibility index (Phi) is 4.90. The molecule has 72 valence electrons. The summed E-state index contributed by atoms with van der Waals surface area (Å²) in [6, 6.07) is 0.0555. The molecule has 0 spiro atoms. The Morgan fingerprint density at radius 2 is 1.83 bits per heavy atom. The van der Waals surface area contributed by atoms with E-state index in [0.717, 1.165) is 0 Å². The molecule has 0 saturated heterocycles. The average Bonchev–Trinajstić information content (AvgIpc) is 1.84. The number of aliphatic hydroxyl groups excluding tert-OH is 1. The molecule has 12 heavy (non-hydrogen) atoms. The maximum atomic E-state index is 11.1. The fraction of sp³-hybridized carbons (Fsp3) is 0.889. The third kappa shape index (κ3) is 5.13. The SMILES string of the molecule is CC(O)CC(C)NC(=O)C(C)C. The van der Waals surface area contributed by atoms with E-state index in [2.05, 4.69) is 5.32 Å². The molecule has 0 bridgehead atoms. The molecule has 0 aromatic carbocycles. The van der Waals surface area contributed by atoms with Gasteiger partial charge in [0.1, 0.15) is 0 Å². The maximum absolute atomic E-state index is 11.1. The quantitative estimate of drug-likeness (QED) is 0.664. The minimum atomic E-state index is -0.354. The van der Waals surface area contributed by atoms with Gasteiger partial charge in [0.05, 0.1) is 6.10 Å². The number of carbonyl (C=O) groups is 1. The van der Waals surface area contributed by atoms with Gasteiger partial charge in [-0.15, -0.1) is 0 Å². The highest BCUT2D eigenvalue weighted by atomic mass is 16.3. The lowest BCUT2D eigenvalue weighted by atomic mass is 10.1. The number of aliphatic hydroxyl groups is 1. The van der Waals surface area contributed by atoms with Gasteiger partial charge in [0.2, 0.25) is 5.91 Å². The van der Waals surface area contributed by atoms with Gasteiger partial charge >= 0.3 is 0 Å². The summed E-state index contributed by atoms with van der Waals surface area (Å²) in [7, 11) is 0. The summed E-state index contributed by atoms with van der Waals surface area (Å²) in [6.07, 6.45) is 0.255. The van der Waals surface area contributed by atoms with Gasteiger partial charge in [0.25, 0.3) is 0 Å². The molecular formula is C9H19NO2. The lowest BCUT2D eigenvalue weighted by molar-refractivity contribution is -0.124. The third-order valence-electron chi connectivity index (χ3n) is 1.61. The molecule has 0 rings (SSSR count). The molecule has 1 amide bonds. The normalized spacial score (nSPS) is 15.8. The standard InChI is InChI=1S/C9H19NO2/c1-6(2)9(12)10-7(3)5-8(4)11/h6-8,11H,5H2,1-4H3,(H,10,12). The Balaban J connectivity index is 3.69. The molecule has 0 radical (unpaired) electrons. The van der Waals surface area contributed by atoms with Crippen LogP contribution in [0.1, 0.15) is 34.1 Å². The van der Waals surface area contributed by atoms with E-state index >= 15 is 0 Å². The van der Waals surface area contributed by atoms with Crippen molar-refractivity contribution in [3.63, 3.8) is 0 Å². The average molecular weight is 173 g/mol. The molecule has 0 aliphatic carbocycles. The Morgan fingerprint density at radius 3 is 2.17 bits per heavy atom. The van der Waals surface area contributed by atoms with Crippen molar-refractivity contribution in [1.29, 1.82) is 0 Å². The third-order valence-corrected chi connectivity index (χ3v) is 1.61. The van der Waals surface area contributed by atoms with Gasteiger partial charge in [0.15, 0.2) is 0 Å². The summed E-state index contributed by atoms with van der Waals surface area (Å²) in [5.74, 6) is 0.0598. The maximum Gasteiger partial charge on any atom is 0.222 e. The zero-order valence-electron chi connectivity index (χ0n) is 8.29. The number of hydrogen-bond donors (Lipinski definition) is 2. The smallest absolute Gasteiger partial charge is 0.222 e. The Morgan fingerprint density at radius 1 is 1.33 bits per heavy atom. The molecular weight excluding hydrogens is 154 g/mol. The van der Waals surface area contributed by atoms with Crippen LogP contribution in [0.5, 0.6) is 0 Å². The van der Waals surface area contributed by atoms with E-state index in [1.54, 1.807) is 6.92 Å². The topological polar surface area (TPSA) is 49.3 Å². The Labute approximate surface area is 74.2 Å². The van der Waals surface area contributed by atoms with Crippen molar-refractivity contribution in [2.45, 2.75) is 46.3 Å². The highest BCUT2D eigenvalue weighted by molar-refractivity contribution is 5.78. The van der Waals surface area contributed by atoms with Crippen LogP contribution in [0.15, 0.2) is 0 Å². The zero-order chi connectivity index (χ0) is 9.72. The van der Waals surface area contributed by atoms with Crippen LogP contribution in [0.4, 0.5) is 0 Å². The van der Waals surface area contributed by atoms with Gasteiger partial charge in [-0.3, -0.25) is 4.79 Å². The van der Waals surface area contributed by atoms with E-state index in [1.165, 1.54) is 0 Å². The first-order chi connectivity index (χ1) is 5.43. The molecule has 0 aromatic heterocycles. The van der Waals surface area contributed by atoms with Gasteiger partial charge in [-0.25, -0.2) is 0 Å². The van der Waals surface area contributed by atoms with Crippen molar-refractivity contribution < 1.29 is 9.90 Å². The molecule has 2 N–H and O–H groups in total. The van der Waals surface area contributed by atoms with Crippen LogP contribution in [-0.2, 0) is 4.79 Å². The molecule has 0 saturated carbocycles. The molecule has 0 aliphatic heterocycles. The van der Waals surface area contributed by atoms with Gasteiger partial charge in [-0.05, 0) is 20.3 Å². The molecule has 2 atom stereocenters. The second-order valence-corrected chi connectivity index (χ2v) is 3.65. The first-order valence-corrected chi connectivity index (χ1v) is 4.42. The van der Waals surface area contributed by atoms with Gasteiger partial charge in [-0.1, -0.05) is 13.8 Å². The first-order valence-electron chi connectivity index (χ1n) is 4.42. The monoisotopic (exact) mass is 173 g/mol. The minimum absolute atomic E-state index is 0.0152. The number of rotatable bonds is 4. The largest absolute Gasteiger partial charge is 0.393 e. The van der Waals surface area contributed by atoms with Crippen LogP contribution >= 0.6 is 0 Å². The van der Waals surface area contributed by atoms with Crippen LogP contribution in [-0.4, -0.2) is 23.2 Å². The second-order valence-electron chi connectivity index (χ2n) is 3.65. The minimum Gasteiger partial charge on any atom is -0.393 e. The van der Waals surface area contributed by atoms with Crippen LogP contribution in [0.3, 0.4) is 0 Å². The highest BCUT2D eigenvalue weighted by Gasteiger charge is 2.11. The number of carbonyl (C=O) groups excluding carboxylic acids is 1. The van der Waals surface area contributed by atoms with E-state index in [1.807, 2.05) is 20.8 Å². The second kappa shape index (κ2) is 5.14. The summed E-state index contributed by atoms with van der Waals surface area (Å²) >= 11 is 0. The molecule has 0 aromatic rings. The number of nitrogens with one attached hydrogen (secondary N) is 1. The van der Waals surface area contributed by atoms with Crippen molar-refractivity contribution in [1.82, 2.24) is 5.32 Å². The van der Waals surface area contributed by atoms with Crippen molar-refractivity contribution in [2.75, 3.05) is 0 Å². The zero-order valence-corrected chi connectivity index (χ0v) is 8.29. The Bertz CT molecular complexity index is 143. The lowest BCUT2D eigenvalue weighted by Crippen LogP contribution is -2.37. The van der Waals surface area contributed by atoms with Crippen molar-refractivity contribution in [3.05, 3.63) is 0 Å². The van der Waals surface area contributed by atoms with E-state index in [4.69, 9.17) is 5.11 Å². The van der Waals surface area contributed by atoms with Gasteiger partial charge < -0.3 is 10.4 Å². The summed E-state index contributed by atoms with van der Waals surface area (Å²) in [4.78, 5) is 11.1. The summed E-state index contributed by atoms with van der Waals surface area (Å²) in [5.41, 5.74) is 0. The van der Waals surface area contributed by atoms with Crippen LogP contribution in [0.25, 0.3) is 0 Å². The lowest BCUT2D eigenvalue weighted by Gasteiger charge is -2.16. The van der Waals surface area contributed by atoms with Crippen LogP contribution < -0.4 is 5.32 Å². The molecule has 3 nitrogen and oxygen atoms in total. The van der Waals surface area contributed by atoms with E-state index in [9.17, 15) is 4.79 Å². The fourth-order valence-electron chi connectivity index (χ4n) is 0.980. The van der Waals surface area contributed by atoms with Crippen molar-refractivity contribution >= 4 is 5.91 Å². The fourth-order valence-corrected chi connectivity index (χ4v) is 0.980. The molecule has 3 heteroatoms. The Hall–Kier alpha value is -0.570. The van der Waals surface area contributed by atoms with Crippen LogP contribution in [0.2, 0.25) is 0 Å². The molecule has 0 fully saturated rings. The first kappa shape index (κ1) is 11.4.